The average Bonchev–Trinajstić information content (AvgIpc) is 2.33. The quantitative estimate of drug-likeness (QED) is 0.302. The minimum absolute atomic E-state index is 1.11. The van der Waals surface area contributed by atoms with Crippen molar-refractivity contribution in [1.82, 2.24) is 0 Å². The average molecular weight is 248 g/mol. The summed E-state index contributed by atoms with van der Waals surface area (Å²) in [4.78, 5) is 0. The highest BCUT2D eigenvalue weighted by molar-refractivity contribution is 5.13. The van der Waals surface area contributed by atoms with Gasteiger partial charge in [-0.3, -0.25) is 0 Å². The van der Waals surface area contributed by atoms with Crippen LogP contribution in [0.1, 0.15) is 79.1 Å². The Bertz CT molecular complexity index is 274. The zero-order valence-electron chi connectivity index (χ0n) is 13.0. The molecule has 0 aliphatic rings. The molecule has 104 valence electrons. The molecule has 0 amide bonds. The summed E-state index contributed by atoms with van der Waals surface area (Å²) in [7, 11) is 0. The largest absolute Gasteiger partial charge is 0.0995 e. The topological polar surface area (TPSA) is 0 Å². The number of hydrogen-bond acceptors (Lipinski definition) is 0. The fourth-order valence-corrected chi connectivity index (χ4v) is 2.09. The van der Waals surface area contributed by atoms with E-state index in [9.17, 15) is 0 Å². The second-order valence-corrected chi connectivity index (χ2v) is 5.50. The van der Waals surface area contributed by atoms with Crippen molar-refractivity contribution in [1.29, 1.82) is 0 Å². The molecule has 0 unspecified atom stereocenters. The number of rotatable bonds is 10. The molecule has 0 radical (unpaired) electrons. The second-order valence-electron chi connectivity index (χ2n) is 5.50. The molecule has 0 aromatic rings. The minimum Gasteiger partial charge on any atom is -0.0995 e. The van der Waals surface area contributed by atoms with Crippen molar-refractivity contribution >= 4 is 0 Å². The Morgan fingerprint density at radius 3 is 2.33 bits per heavy atom. The van der Waals surface area contributed by atoms with Crippen LogP contribution in [0.5, 0.6) is 0 Å². The molecule has 0 N–H and O–H groups in total. The third-order valence-corrected chi connectivity index (χ3v) is 3.29. The third kappa shape index (κ3) is 10.4. The highest BCUT2D eigenvalue weighted by Crippen LogP contribution is 2.20. The Morgan fingerprint density at radius 1 is 1.06 bits per heavy atom. The SMILES string of the molecule is C=C(CCCCCC)C/C(=C\C)CCC=C(C)C. The van der Waals surface area contributed by atoms with Gasteiger partial charge in [-0.05, 0) is 52.9 Å². The van der Waals surface area contributed by atoms with E-state index in [1.807, 2.05) is 0 Å². The molecule has 18 heavy (non-hydrogen) atoms. The summed E-state index contributed by atoms with van der Waals surface area (Å²) in [6.07, 6.45) is 14.6. The lowest BCUT2D eigenvalue weighted by Gasteiger charge is -2.09. The van der Waals surface area contributed by atoms with Crippen LogP contribution in [0.15, 0.2) is 35.5 Å². The van der Waals surface area contributed by atoms with Gasteiger partial charge in [0.2, 0.25) is 0 Å². The summed E-state index contributed by atoms with van der Waals surface area (Å²) in [5, 5.41) is 0. The van der Waals surface area contributed by atoms with E-state index < -0.39 is 0 Å². The van der Waals surface area contributed by atoms with Crippen LogP contribution in [0.4, 0.5) is 0 Å². The van der Waals surface area contributed by atoms with Crippen LogP contribution >= 0.6 is 0 Å². The van der Waals surface area contributed by atoms with Crippen molar-refractivity contribution in [3.8, 4) is 0 Å². The minimum atomic E-state index is 1.11. The van der Waals surface area contributed by atoms with Gasteiger partial charge in [-0.2, -0.15) is 0 Å². The molecule has 0 heterocycles. The molecule has 0 aliphatic carbocycles. The summed E-state index contributed by atoms with van der Waals surface area (Å²) in [5.74, 6) is 0. The molecule has 0 fully saturated rings. The lowest BCUT2D eigenvalue weighted by molar-refractivity contribution is 0.658. The van der Waals surface area contributed by atoms with Crippen LogP contribution < -0.4 is 0 Å². The van der Waals surface area contributed by atoms with Crippen LogP contribution in [0.2, 0.25) is 0 Å². The number of allylic oxidation sites excluding steroid dienone is 5. The van der Waals surface area contributed by atoms with E-state index >= 15 is 0 Å². The predicted molar refractivity (Wildman–Crippen MR) is 84.9 cm³/mol. The van der Waals surface area contributed by atoms with Crippen molar-refractivity contribution in [3.63, 3.8) is 0 Å². The molecule has 0 spiro atoms. The zero-order chi connectivity index (χ0) is 13.8. The van der Waals surface area contributed by atoms with Crippen LogP contribution in [-0.2, 0) is 0 Å². The van der Waals surface area contributed by atoms with E-state index in [0.717, 1.165) is 6.42 Å². The van der Waals surface area contributed by atoms with Crippen LogP contribution in [0.3, 0.4) is 0 Å². The molecular formula is C18H32. The van der Waals surface area contributed by atoms with Gasteiger partial charge in [0.25, 0.3) is 0 Å². The fraction of sp³-hybridized carbons (Fsp3) is 0.667. The molecule has 0 nitrogen and oxygen atoms in total. The molecule has 0 saturated heterocycles. The lowest BCUT2D eigenvalue weighted by Crippen LogP contribution is -1.89. The van der Waals surface area contributed by atoms with Crippen molar-refractivity contribution in [2.24, 2.45) is 0 Å². The Hall–Kier alpha value is -0.780. The van der Waals surface area contributed by atoms with Gasteiger partial charge in [0, 0.05) is 0 Å². The molecule has 0 aliphatic heterocycles. The monoisotopic (exact) mass is 248 g/mol. The molecule has 0 aromatic heterocycles. The highest BCUT2D eigenvalue weighted by atomic mass is 14.1. The summed E-state index contributed by atoms with van der Waals surface area (Å²) in [6.45, 7) is 13.0. The normalized spacial score (nSPS) is 11.4. The van der Waals surface area contributed by atoms with Crippen LogP contribution in [0, 0.1) is 0 Å². The smallest absolute Gasteiger partial charge is 0.0111 e. The van der Waals surface area contributed by atoms with Gasteiger partial charge in [-0.1, -0.05) is 61.6 Å². The Balaban J connectivity index is 3.84. The van der Waals surface area contributed by atoms with E-state index in [4.69, 9.17) is 0 Å². The molecule has 0 saturated carbocycles. The number of unbranched alkanes of at least 4 members (excludes halogenated alkanes) is 3. The number of hydrogen-bond donors (Lipinski definition) is 0. The maximum Gasteiger partial charge on any atom is -0.0111 e. The zero-order valence-corrected chi connectivity index (χ0v) is 13.0. The highest BCUT2D eigenvalue weighted by Gasteiger charge is 2.00. The van der Waals surface area contributed by atoms with E-state index in [2.05, 4.69) is 46.4 Å². The second kappa shape index (κ2) is 11.3. The summed E-state index contributed by atoms with van der Waals surface area (Å²) < 4.78 is 0. The van der Waals surface area contributed by atoms with Crippen LogP contribution in [0.25, 0.3) is 0 Å². The van der Waals surface area contributed by atoms with Gasteiger partial charge in [0.1, 0.15) is 0 Å². The lowest BCUT2D eigenvalue weighted by atomic mass is 9.97. The van der Waals surface area contributed by atoms with E-state index in [0.29, 0.717) is 0 Å². The van der Waals surface area contributed by atoms with Crippen LogP contribution in [-0.4, -0.2) is 0 Å². The van der Waals surface area contributed by atoms with Gasteiger partial charge in [0.05, 0.1) is 0 Å². The van der Waals surface area contributed by atoms with E-state index in [1.165, 1.54) is 56.1 Å². The van der Waals surface area contributed by atoms with Gasteiger partial charge in [-0.25, -0.2) is 0 Å². The van der Waals surface area contributed by atoms with Crippen molar-refractivity contribution in [2.45, 2.75) is 79.1 Å². The first-order valence-electron chi connectivity index (χ1n) is 7.54. The van der Waals surface area contributed by atoms with Gasteiger partial charge in [0.15, 0.2) is 0 Å². The third-order valence-electron chi connectivity index (χ3n) is 3.29. The van der Waals surface area contributed by atoms with E-state index in [1.54, 1.807) is 5.57 Å². The molecule has 0 aromatic carbocycles. The molecule has 0 atom stereocenters. The van der Waals surface area contributed by atoms with Gasteiger partial charge >= 0.3 is 0 Å². The van der Waals surface area contributed by atoms with Crippen molar-refractivity contribution in [3.05, 3.63) is 35.5 Å². The first-order valence-corrected chi connectivity index (χ1v) is 7.54. The van der Waals surface area contributed by atoms with Crippen molar-refractivity contribution < 1.29 is 0 Å². The first-order chi connectivity index (χ1) is 8.60. The van der Waals surface area contributed by atoms with Gasteiger partial charge < -0.3 is 0 Å². The molecule has 0 bridgehead atoms. The molecule has 0 rings (SSSR count). The van der Waals surface area contributed by atoms with Crippen molar-refractivity contribution in [2.75, 3.05) is 0 Å². The fourth-order valence-electron chi connectivity index (χ4n) is 2.09. The Labute approximate surface area is 115 Å². The standard InChI is InChI=1S/C18H32/c1-6-8-9-10-13-17(5)15-18(7-2)14-11-12-16(3)4/h7,12H,5-6,8-11,13-15H2,1-4H3/b18-7-. The molecular weight excluding hydrogens is 216 g/mol. The van der Waals surface area contributed by atoms with Gasteiger partial charge in [-0.15, -0.1) is 0 Å². The summed E-state index contributed by atoms with van der Waals surface area (Å²) in [5.41, 5.74) is 4.38. The predicted octanol–water partition coefficient (Wildman–Crippen LogP) is 6.60. The maximum atomic E-state index is 4.23. The molecule has 0 heteroatoms. The maximum absolute atomic E-state index is 4.23. The summed E-state index contributed by atoms with van der Waals surface area (Å²) >= 11 is 0. The van der Waals surface area contributed by atoms with E-state index in [-0.39, 0.29) is 0 Å². The Morgan fingerprint density at radius 2 is 1.78 bits per heavy atom. The first kappa shape index (κ1) is 17.2. The summed E-state index contributed by atoms with van der Waals surface area (Å²) in [6, 6.07) is 0. The Kier molecular flexibility index (Phi) is 10.8.